The summed E-state index contributed by atoms with van der Waals surface area (Å²) in [6, 6.07) is 0. The van der Waals surface area contributed by atoms with Gasteiger partial charge in [0.1, 0.15) is 6.61 Å². The van der Waals surface area contributed by atoms with E-state index in [0.29, 0.717) is 13.2 Å². The molecule has 0 fully saturated rings. The van der Waals surface area contributed by atoms with Crippen LogP contribution in [0.15, 0.2) is 10.8 Å². The molecule has 0 amide bonds. The van der Waals surface area contributed by atoms with E-state index in [1.165, 1.54) is 0 Å². The summed E-state index contributed by atoms with van der Waals surface area (Å²) in [6.45, 7) is 0.934. The summed E-state index contributed by atoms with van der Waals surface area (Å²) < 4.78 is 15.9. The summed E-state index contributed by atoms with van der Waals surface area (Å²) >= 11 is 1.56. The molecule has 4 nitrogen and oxygen atoms in total. The van der Waals surface area contributed by atoms with Crippen molar-refractivity contribution in [3.63, 3.8) is 0 Å². The first kappa shape index (κ1) is 8.86. The van der Waals surface area contributed by atoms with Gasteiger partial charge in [-0.1, -0.05) is 0 Å². The molecular weight excluding hydrogens is 189 g/mol. The Morgan fingerprint density at radius 3 is 3.31 bits per heavy atom. The van der Waals surface area contributed by atoms with E-state index in [2.05, 4.69) is 0 Å². The second kappa shape index (κ2) is 4.00. The smallest absolute Gasteiger partial charge is 0.392 e. The highest BCUT2D eigenvalue weighted by Crippen LogP contribution is 2.35. The van der Waals surface area contributed by atoms with Crippen LogP contribution in [-0.4, -0.2) is 26.9 Å². The lowest BCUT2D eigenvalue weighted by Crippen LogP contribution is -2.34. The highest BCUT2D eigenvalue weighted by Gasteiger charge is 2.21. The van der Waals surface area contributed by atoms with Gasteiger partial charge >= 0.3 is 7.62 Å². The highest BCUT2D eigenvalue weighted by molar-refractivity contribution is 7.08. The fourth-order valence-electron chi connectivity index (χ4n) is 1.11. The van der Waals surface area contributed by atoms with Crippen LogP contribution in [0.1, 0.15) is 0 Å². The molecule has 1 atom stereocenters. The van der Waals surface area contributed by atoms with E-state index < -0.39 is 0 Å². The molecule has 1 aliphatic heterocycles. The SMILES string of the molecule is N[B]OCC1COc2cscc2O1. The van der Waals surface area contributed by atoms with Crippen LogP contribution in [0, 0.1) is 0 Å². The highest BCUT2D eigenvalue weighted by atomic mass is 32.1. The Bertz CT molecular complexity index is 280. The maximum atomic E-state index is 5.56. The molecule has 1 aliphatic rings. The summed E-state index contributed by atoms with van der Waals surface area (Å²) in [4.78, 5) is 0. The van der Waals surface area contributed by atoms with E-state index in [9.17, 15) is 0 Å². The first-order valence-corrected chi connectivity index (χ1v) is 4.85. The van der Waals surface area contributed by atoms with Gasteiger partial charge in [-0.05, 0) is 0 Å². The Kier molecular flexibility index (Phi) is 2.72. The van der Waals surface area contributed by atoms with Gasteiger partial charge in [0, 0.05) is 10.8 Å². The lowest BCUT2D eigenvalue weighted by atomic mass is 10.3. The van der Waals surface area contributed by atoms with Crippen LogP contribution in [0.2, 0.25) is 0 Å². The minimum absolute atomic E-state index is 0.0677. The predicted octanol–water partition coefficient (Wildman–Crippen LogP) is 0.397. The fraction of sp³-hybridized carbons (Fsp3) is 0.429. The Balaban J connectivity index is 1.93. The molecule has 0 aromatic carbocycles. The number of hydrogen-bond donors (Lipinski definition) is 1. The second-order valence-corrected chi connectivity index (χ2v) is 3.36. The number of rotatable bonds is 3. The van der Waals surface area contributed by atoms with Crippen molar-refractivity contribution in [2.24, 2.45) is 5.64 Å². The molecule has 6 heteroatoms. The third-order valence-electron chi connectivity index (χ3n) is 1.69. The molecule has 0 spiro atoms. The van der Waals surface area contributed by atoms with Crippen molar-refractivity contribution < 1.29 is 14.1 Å². The third kappa shape index (κ3) is 1.96. The molecule has 2 heterocycles. The van der Waals surface area contributed by atoms with Crippen LogP contribution < -0.4 is 15.1 Å². The van der Waals surface area contributed by atoms with Gasteiger partial charge in [0.05, 0.1) is 6.61 Å². The Hall–Kier alpha value is -0.715. The molecule has 2 rings (SSSR count). The van der Waals surface area contributed by atoms with Crippen molar-refractivity contribution in [3.8, 4) is 11.5 Å². The summed E-state index contributed by atoms with van der Waals surface area (Å²) in [5, 5.41) is 3.83. The first-order valence-electron chi connectivity index (χ1n) is 3.91. The molecule has 1 radical (unpaired) electrons. The largest absolute Gasteiger partial charge is 0.485 e. The molecule has 13 heavy (non-hydrogen) atoms. The number of thiophene rings is 1. The maximum Gasteiger partial charge on any atom is 0.392 e. The van der Waals surface area contributed by atoms with Crippen molar-refractivity contribution in [1.82, 2.24) is 0 Å². The van der Waals surface area contributed by atoms with Crippen molar-refractivity contribution in [2.75, 3.05) is 13.2 Å². The summed E-state index contributed by atoms with van der Waals surface area (Å²) in [6.07, 6.45) is -0.0677. The van der Waals surface area contributed by atoms with Crippen LogP contribution in [0.25, 0.3) is 0 Å². The molecule has 0 bridgehead atoms. The van der Waals surface area contributed by atoms with Crippen LogP contribution in [0.3, 0.4) is 0 Å². The van der Waals surface area contributed by atoms with Crippen LogP contribution >= 0.6 is 11.3 Å². The zero-order valence-corrected chi connectivity index (χ0v) is 7.75. The molecule has 0 aliphatic carbocycles. The van der Waals surface area contributed by atoms with Crippen LogP contribution in [0.4, 0.5) is 0 Å². The molecule has 2 N–H and O–H groups in total. The van der Waals surface area contributed by atoms with Crippen LogP contribution in [0.5, 0.6) is 11.5 Å². The molecule has 0 saturated carbocycles. The van der Waals surface area contributed by atoms with Gasteiger partial charge in [-0.2, -0.15) is 0 Å². The van der Waals surface area contributed by atoms with Crippen molar-refractivity contribution >= 4 is 19.0 Å². The first-order chi connectivity index (χ1) is 6.40. The van der Waals surface area contributed by atoms with Gasteiger partial charge in [-0.15, -0.1) is 11.3 Å². The minimum Gasteiger partial charge on any atom is -0.485 e. The Morgan fingerprint density at radius 1 is 1.62 bits per heavy atom. The lowest BCUT2D eigenvalue weighted by Gasteiger charge is -2.23. The average Bonchev–Trinajstić information content (AvgIpc) is 2.61. The molecule has 1 unspecified atom stereocenters. The van der Waals surface area contributed by atoms with E-state index in [0.717, 1.165) is 19.1 Å². The third-order valence-corrected chi connectivity index (χ3v) is 2.39. The molecule has 0 saturated heterocycles. The maximum absolute atomic E-state index is 5.56. The molecule has 1 aromatic rings. The van der Waals surface area contributed by atoms with E-state index in [1.54, 1.807) is 11.3 Å². The quantitative estimate of drug-likeness (QED) is 0.714. The van der Waals surface area contributed by atoms with Gasteiger partial charge < -0.3 is 19.8 Å². The molecule has 69 valence electrons. The number of hydrogen-bond acceptors (Lipinski definition) is 5. The van der Waals surface area contributed by atoms with Gasteiger partial charge in [-0.25, -0.2) is 0 Å². The summed E-state index contributed by atoms with van der Waals surface area (Å²) in [5.41, 5.74) is 5.08. The van der Waals surface area contributed by atoms with Gasteiger partial charge in [-0.3, -0.25) is 0 Å². The summed E-state index contributed by atoms with van der Waals surface area (Å²) in [7, 11) is 1.16. The van der Waals surface area contributed by atoms with Gasteiger partial charge in [0.25, 0.3) is 0 Å². The fourth-order valence-corrected chi connectivity index (χ4v) is 1.78. The Labute approximate surface area is 80.9 Å². The lowest BCUT2D eigenvalue weighted by molar-refractivity contribution is 0.0557. The van der Waals surface area contributed by atoms with E-state index >= 15 is 0 Å². The molecule has 1 aromatic heterocycles. The number of ether oxygens (including phenoxy) is 2. The van der Waals surface area contributed by atoms with Crippen molar-refractivity contribution in [2.45, 2.75) is 6.10 Å². The van der Waals surface area contributed by atoms with Gasteiger partial charge in [0.15, 0.2) is 17.6 Å². The average molecular weight is 198 g/mol. The Morgan fingerprint density at radius 2 is 2.46 bits per heavy atom. The predicted molar refractivity (Wildman–Crippen MR) is 50.1 cm³/mol. The number of nitrogens with two attached hydrogens (primary N) is 1. The van der Waals surface area contributed by atoms with Crippen molar-refractivity contribution in [1.29, 1.82) is 0 Å². The monoisotopic (exact) mass is 198 g/mol. The zero-order chi connectivity index (χ0) is 9.10. The minimum atomic E-state index is -0.0677. The van der Waals surface area contributed by atoms with E-state index in [4.69, 9.17) is 19.8 Å². The standard InChI is InChI=1S/C7H9BNO3S/c9-8-11-2-5-1-10-6-3-13-4-7(6)12-5/h3-5H,1-2,9H2. The zero-order valence-electron chi connectivity index (χ0n) is 6.93. The van der Waals surface area contributed by atoms with E-state index in [-0.39, 0.29) is 6.10 Å². The topological polar surface area (TPSA) is 53.7 Å². The number of fused-ring (bicyclic) bond motifs is 1. The van der Waals surface area contributed by atoms with Gasteiger partial charge in [0.2, 0.25) is 0 Å². The summed E-state index contributed by atoms with van der Waals surface area (Å²) in [5.74, 6) is 1.61. The second-order valence-electron chi connectivity index (χ2n) is 2.62. The normalized spacial score (nSPS) is 19.9. The van der Waals surface area contributed by atoms with E-state index in [1.807, 2.05) is 10.8 Å². The van der Waals surface area contributed by atoms with Crippen LogP contribution in [-0.2, 0) is 4.65 Å². The molecular formula is C7H9BNO3S. The van der Waals surface area contributed by atoms with Crippen molar-refractivity contribution in [3.05, 3.63) is 10.8 Å².